The van der Waals surface area contributed by atoms with E-state index in [2.05, 4.69) is 16.0 Å². The van der Waals surface area contributed by atoms with E-state index in [4.69, 9.17) is 11.6 Å². The molecule has 0 saturated heterocycles. The minimum Gasteiger partial charge on any atom is -0.352 e. The van der Waals surface area contributed by atoms with Crippen LogP contribution in [0.25, 0.3) is 0 Å². The van der Waals surface area contributed by atoms with Crippen molar-refractivity contribution >= 4 is 40.7 Å². The normalized spacial score (nSPS) is 10.5. The highest BCUT2D eigenvalue weighted by Gasteiger charge is 2.07. The number of anilines is 2. The van der Waals surface area contributed by atoms with Crippen LogP contribution in [0, 0.1) is 5.92 Å². The Hall–Kier alpha value is -2.86. The van der Waals surface area contributed by atoms with Crippen LogP contribution >= 0.6 is 11.6 Å². The van der Waals surface area contributed by atoms with E-state index in [0.29, 0.717) is 47.3 Å². The number of halogens is 1. The average molecular weight is 416 g/mol. The third-order valence-corrected chi connectivity index (χ3v) is 4.27. The van der Waals surface area contributed by atoms with E-state index in [1.165, 1.54) is 0 Å². The topological polar surface area (TPSA) is 87.3 Å². The van der Waals surface area contributed by atoms with E-state index in [0.717, 1.165) is 0 Å². The first-order valence-corrected chi connectivity index (χ1v) is 9.95. The summed E-state index contributed by atoms with van der Waals surface area (Å²) in [5.74, 6) is -0.0681. The van der Waals surface area contributed by atoms with Gasteiger partial charge < -0.3 is 16.0 Å². The molecule has 6 nitrogen and oxygen atoms in total. The Morgan fingerprint density at radius 3 is 1.97 bits per heavy atom. The van der Waals surface area contributed by atoms with E-state index in [-0.39, 0.29) is 24.1 Å². The van der Waals surface area contributed by atoms with Crippen molar-refractivity contribution in [3.05, 3.63) is 59.1 Å². The molecule has 0 aliphatic rings. The number of benzene rings is 2. The van der Waals surface area contributed by atoms with Crippen molar-refractivity contribution in [3.8, 4) is 0 Å². The second kappa shape index (κ2) is 11.2. The lowest BCUT2D eigenvalue weighted by Gasteiger charge is -2.09. The Morgan fingerprint density at radius 1 is 0.862 bits per heavy atom. The van der Waals surface area contributed by atoms with Crippen molar-refractivity contribution in [2.24, 2.45) is 5.92 Å². The number of amides is 3. The minimum atomic E-state index is -0.197. The van der Waals surface area contributed by atoms with Crippen LogP contribution in [0.3, 0.4) is 0 Å². The predicted octanol–water partition coefficient (Wildman–Crippen LogP) is 4.47. The third kappa shape index (κ3) is 8.35. The standard InChI is InChI=1S/C22H26ClN3O3/c1-15(2)14-21(28)26-19-11-9-18(10-12-19)25-20(27)4-3-13-24-22(29)16-5-7-17(23)8-6-16/h5-12,15H,3-4,13-14H2,1-2H3,(H,24,29)(H,25,27)(H,26,28). The van der Waals surface area contributed by atoms with Gasteiger partial charge in [0, 0.05) is 41.3 Å². The summed E-state index contributed by atoms with van der Waals surface area (Å²) < 4.78 is 0. The monoisotopic (exact) mass is 415 g/mol. The molecule has 0 aliphatic carbocycles. The average Bonchev–Trinajstić information content (AvgIpc) is 2.66. The van der Waals surface area contributed by atoms with Gasteiger partial charge in [-0.1, -0.05) is 25.4 Å². The van der Waals surface area contributed by atoms with Gasteiger partial charge >= 0.3 is 0 Å². The molecule has 0 unspecified atom stereocenters. The van der Waals surface area contributed by atoms with E-state index >= 15 is 0 Å². The van der Waals surface area contributed by atoms with Gasteiger partial charge in [-0.3, -0.25) is 14.4 Å². The van der Waals surface area contributed by atoms with Gasteiger partial charge in [-0.2, -0.15) is 0 Å². The third-order valence-electron chi connectivity index (χ3n) is 4.02. The summed E-state index contributed by atoms with van der Waals surface area (Å²) in [6.07, 6.45) is 1.27. The summed E-state index contributed by atoms with van der Waals surface area (Å²) in [6.45, 7) is 4.37. The summed E-state index contributed by atoms with van der Waals surface area (Å²) in [5, 5.41) is 8.97. The molecular weight excluding hydrogens is 390 g/mol. The fourth-order valence-corrected chi connectivity index (χ4v) is 2.72. The molecule has 0 bridgehead atoms. The Bertz CT molecular complexity index is 833. The smallest absolute Gasteiger partial charge is 0.251 e. The number of hydrogen-bond donors (Lipinski definition) is 3. The van der Waals surface area contributed by atoms with Crippen molar-refractivity contribution in [1.82, 2.24) is 5.32 Å². The highest BCUT2D eigenvalue weighted by molar-refractivity contribution is 6.30. The van der Waals surface area contributed by atoms with Crippen LogP contribution in [0.5, 0.6) is 0 Å². The van der Waals surface area contributed by atoms with Gasteiger partial charge in [-0.15, -0.1) is 0 Å². The molecule has 3 N–H and O–H groups in total. The molecule has 0 aliphatic heterocycles. The van der Waals surface area contributed by atoms with E-state index < -0.39 is 0 Å². The van der Waals surface area contributed by atoms with Crippen LogP contribution in [0.4, 0.5) is 11.4 Å². The van der Waals surface area contributed by atoms with Gasteiger partial charge in [0.05, 0.1) is 0 Å². The summed E-state index contributed by atoms with van der Waals surface area (Å²) in [7, 11) is 0. The maximum atomic E-state index is 12.0. The molecule has 2 aromatic carbocycles. The summed E-state index contributed by atoms with van der Waals surface area (Å²) in [6, 6.07) is 13.6. The summed E-state index contributed by atoms with van der Waals surface area (Å²) >= 11 is 5.80. The SMILES string of the molecule is CC(C)CC(=O)Nc1ccc(NC(=O)CCCNC(=O)c2ccc(Cl)cc2)cc1. The molecule has 3 amide bonds. The second-order valence-electron chi connectivity index (χ2n) is 7.14. The van der Waals surface area contributed by atoms with Gasteiger partial charge in [-0.05, 0) is 60.9 Å². The summed E-state index contributed by atoms with van der Waals surface area (Å²) in [5.41, 5.74) is 1.88. The lowest BCUT2D eigenvalue weighted by atomic mass is 10.1. The van der Waals surface area contributed by atoms with Crippen molar-refractivity contribution in [2.45, 2.75) is 33.1 Å². The van der Waals surface area contributed by atoms with E-state index in [1.807, 2.05) is 13.8 Å². The zero-order chi connectivity index (χ0) is 21.2. The van der Waals surface area contributed by atoms with Crippen molar-refractivity contribution < 1.29 is 14.4 Å². The molecule has 0 radical (unpaired) electrons. The maximum absolute atomic E-state index is 12.0. The lowest BCUT2D eigenvalue weighted by Crippen LogP contribution is -2.25. The fourth-order valence-electron chi connectivity index (χ4n) is 2.60. The van der Waals surface area contributed by atoms with Gasteiger partial charge in [0.1, 0.15) is 0 Å². The molecule has 29 heavy (non-hydrogen) atoms. The highest BCUT2D eigenvalue weighted by Crippen LogP contribution is 2.15. The number of rotatable bonds is 9. The molecule has 0 spiro atoms. The van der Waals surface area contributed by atoms with E-state index in [9.17, 15) is 14.4 Å². The minimum absolute atomic E-state index is 0.0302. The van der Waals surface area contributed by atoms with Crippen LogP contribution < -0.4 is 16.0 Å². The molecule has 0 fully saturated rings. The molecule has 0 aromatic heterocycles. The molecular formula is C22H26ClN3O3. The molecule has 2 rings (SSSR count). The molecule has 0 atom stereocenters. The van der Waals surface area contributed by atoms with Crippen LogP contribution in [-0.4, -0.2) is 24.3 Å². The molecule has 2 aromatic rings. The van der Waals surface area contributed by atoms with Crippen LogP contribution in [-0.2, 0) is 9.59 Å². The highest BCUT2D eigenvalue weighted by atomic mass is 35.5. The number of nitrogens with one attached hydrogen (secondary N) is 3. The van der Waals surface area contributed by atoms with E-state index in [1.54, 1.807) is 48.5 Å². The Morgan fingerprint density at radius 2 is 1.41 bits per heavy atom. The predicted molar refractivity (Wildman–Crippen MR) is 116 cm³/mol. The van der Waals surface area contributed by atoms with Gasteiger partial charge in [0.2, 0.25) is 11.8 Å². The summed E-state index contributed by atoms with van der Waals surface area (Å²) in [4.78, 5) is 35.8. The Balaban J connectivity index is 1.69. The van der Waals surface area contributed by atoms with Crippen LogP contribution in [0.2, 0.25) is 5.02 Å². The van der Waals surface area contributed by atoms with Gasteiger partial charge in [-0.25, -0.2) is 0 Å². The molecule has 0 saturated carbocycles. The molecule has 7 heteroatoms. The maximum Gasteiger partial charge on any atom is 0.251 e. The van der Waals surface area contributed by atoms with Crippen molar-refractivity contribution in [2.75, 3.05) is 17.2 Å². The quantitative estimate of drug-likeness (QED) is 0.528. The lowest BCUT2D eigenvalue weighted by molar-refractivity contribution is -0.117. The van der Waals surface area contributed by atoms with Gasteiger partial charge in [0.25, 0.3) is 5.91 Å². The zero-order valence-electron chi connectivity index (χ0n) is 16.6. The first-order chi connectivity index (χ1) is 13.8. The number of hydrogen-bond acceptors (Lipinski definition) is 3. The first kappa shape index (κ1) is 22.4. The Labute approximate surface area is 176 Å². The van der Waals surface area contributed by atoms with Crippen molar-refractivity contribution in [3.63, 3.8) is 0 Å². The van der Waals surface area contributed by atoms with Crippen LogP contribution in [0.1, 0.15) is 43.5 Å². The number of carbonyl (C=O) groups is 3. The van der Waals surface area contributed by atoms with Crippen LogP contribution in [0.15, 0.2) is 48.5 Å². The van der Waals surface area contributed by atoms with Gasteiger partial charge in [0.15, 0.2) is 0 Å². The fraction of sp³-hybridized carbons (Fsp3) is 0.318. The molecule has 0 heterocycles. The number of carbonyl (C=O) groups excluding carboxylic acids is 3. The molecule has 154 valence electrons. The Kier molecular flexibility index (Phi) is 8.68. The largest absolute Gasteiger partial charge is 0.352 e. The van der Waals surface area contributed by atoms with Crippen molar-refractivity contribution in [1.29, 1.82) is 0 Å². The second-order valence-corrected chi connectivity index (χ2v) is 7.57. The first-order valence-electron chi connectivity index (χ1n) is 9.57. The zero-order valence-corrected chi connectivity index (χ0v) is 17.4.